The maximum atomic E-state index is 12.4. The number of aromatic nitrogens is 1. The molecule has 2 rings (SSSR count). The zero-order valence-corrected chi connectivity index (χ0v) is 12.1. The van der Waals surface area contributed by atoms with E-state index in [1.165, 1.54) is 6.07 Å². The molecule has 1 aromatic rings. The molecule has 0 bridgehead atoms. The Morgan fingerprint density at radius 3 is 2.57 bits per heavy atom. The fraction of sp³-hybridized carbons (Fsp3) is 0.538. The number of carboxylic acids is 1. The van der Waals surface area contributed by atoms with Gasteiger partial charge in [0.1, 0.15) is 5.54 Å². The third kappa shape index (κ3) is 4.34. The number of hydrogen-bond acceptors (Lipinski definition) is 4. The van der Waals surface area contributed by atoms with Gasteiger partial charge in [0.15, 0.2) is 0 Å². The Morgan fingerprint density at radius 1 is 1.48 bits per heavy atom. The van der Waals surface area contributed by atoms with Gasteiger partial charge >= 0.3 is 12.1 Å². The van der Waals surface area contributed by atoms with Crippen molar-refractivity contribution in [1.29, 1.82) is 0 Å². The number of carbonyl (C=O) groups is 1. The first-order valence-electron chi connectivity index (χ1n) is 6.38. The van der Waals surface area contributed by atoms with Gasteiger partial charge in [0.25, 0.3) is 0 Å². The molecule has 0 radical (unpaired) electrons. The van der Waals surface area contributed by atoms with Crippen LogP contribution in [0.4, 0.5) is 13.2 Å². The van der Waals surface area contributed by atoms with Crippen molar-refractivity contribution in [3.63, 3.8) is 0 Å². The SMILES string of the molecule is CC(CSc1ccc(C(F)(F)F)cn1)(NC1CC1)C(=O)O. The number of aliphatic carboxylic acids is 1. The molecule has 0 saturated heterocycles. The average Bonchev–Trinajstić information content (AvgIpc) is 3.19. The number of carboxylic acid groups (broad SMARTS) is 1. The van der Waals surface area contributed by atoms with Crippen molar-refractivity contribution < 1.29 is 23.1 Å². The second-order valence-corrected chi connectivity index (χ2v) is 6.22. The highest BCUT2D eigenvalue weighted by molar-refractivity contribution is 7.99. The number of pyridine rings is 1. The minimum absolute atomic E-state index is 0.192. The maximum Gasteiger partial charge on any atom is 0.417 e. The molecule has 0 aromatic carbocycles. The number of thioether (sulfide) groups is 1. The Bertz CT molecular complexity index is 517. The fourth-order valence-electron chi connectivity index (χ4n) is 1.69. The van der Waals surface area contributed by atoms with E-state index in [4.69, 9.17) is 0 Å². The summed E-state index contributed by atoms with van der Waals surface area (Å²) >= 11 is 1.12. The minimum Gasteiger partial charge on any atom is -0.480 e. The molecule has 2 N–H and O–H groups in total. The monoisotopic (exact) mass is 320 g/mol. The topological polar surface area (TPSA) is 62.2 Å². The van der Waals surface area contributed by atoms with E-state index < -0.39 is 23.2 Å². The zero-order chi connectivity index (χ0) is 15.7. The third-order valence-electron chi connectivity index (χ3n) is 3.14. The number of nitrogens with one attached hydrogen (secondary N) is 1. The smallest absolute Gasteiger partial charge is 0.417 e. The Kier molecular flexibility index (Phi) is 4.48. The maximum absolute atomic E-state index is 12.4. The lowest BCUT2D eigenvalue weighted by molar-refractivity contribution is -0.143. The molecular formula is C13H15F3N2O2S. The van der Waals surface area contributed by atoms with Crippen molar-refractivity contribution in [2.45, 2.75) is 42.5 Å². The summed E-state index contributed by atoms with van der Waals surface area (Å²) in [5.74, 6) is -0.786. The molecule has 1 aromatic heterocycles. The Hall–Kier alpha value is -1.28. The van der Waals surface area contributed by atoms with E-state index in [0.29, 0.717) is 5.03 Å². The van der Waals surface area contributed by atoms with Gasteiger partial charge in [0.05, 0.1) is 10.6 Å². The highest BCUT2D eigenvalue weighted by Gasteiger charge is 2.38. The second-order valence-electron chi connectivity index (χ2n) is 5.23. The van der Waals surface area contributed by atoms with Crippen LogP contribution in [0.2, 0.25) is 0 Å². The molecule has 1 unspecified atom stereocenters. The van der Waals surface area contributed by atoms with E-state index >= 15 is 0 Å². The van der Waals surface area contributed by atoms with Gasteiger partial charge in [-0.2, -0.15) is 13.2 Å². The van der Waals surface area contributed by atoms with Crippen LogP contribution in [0, 0.1) is 0 Å². The Labute approximate surface area is 124 Å². The Balaban J connectivity index is 1.98. The normalized spacial score (nSPS) is 18.3. The first kappa shape index (κ1) is 16.1. The summed E-state index contributed by atoms with van der Waals surface area (Å²) in [6.07, 6.45) is -1.76. The minimum atomic E-state index is -4.42. The standard InChI is InChI=1S/C13H15F3N2O2S/c1-12(11(19)20,18-9-3-4-9)7-21-10-5-2-8(6-17-10)13(14,15)16/h2,5-6,9,18H,3-4,7H2,1H3,(H,19,20). The molecule has 116 valence electrons. The van der Waals surface area contributed by atoms with E-state index in [0.717, 1.165) is 36.9 Å². The predicted molar refractivity (Wildman–Crippen MR) is 72.2 cm³/mol. The quantitative estimate of drug-likeness (QED) is 0.789. The molecular weight excluding hydrogens is 305 g/mol. The number of alkyl halides is 3. The van der Waals surface area contributed by atoms with Crippen molar-refractivity contribution in [2.75, 3.05) is 5.75 Å². The average molecular weight is 320 g/mol. The molecule has 1 heterocycles. The Morgan fingerprint density at radius 2 is 2.14 bits per heavy atom. The summed E-state index contributed by atoms with van der Waals surface area (Å²) < 4.78 is 37.2. The van der Waals surface area contributed by atoms with Crippen LogP contribution in [0.3, 0.4) is 0 Å². The van der Waals surface area contributed by atoms with Crippen LogP contribution in [0.15, 0.2) is 23.4 Å². The molecule has 0 spiro atoms. The molecule has 1 aliphatic carbocycles. The third-order valence-corrected chi connectivity index (χ3v) is 4.40. The van der Waals surface area contributed by atoms with Crippen LogP contribution >= 0.6 is 11.8 Å². The van der Waals surface area contributed by atoms with Crippen molar-refractivity contribution >= 4 is 17.7 Å². The molecule has 1 saturated carbocycles. The molecule has 0 amide bonds. The van der Waals surface area contributed by atoms with Crippen LogP contribution in [0.5, 0.6) is 0 Å². The van der Waals surface area contributed by atoms with Gasteiger partial charge in [-0.05, 0) is 31.9 Å². The highest BCUT2D eigenvalue weighted by atomic mass is 32.2. The van der Waals surface area contributed by atoms with Gasteiger partial charge in [0, 0.05) is 18.0 Å². The molecule has 21 heavy (non-hydrogen) atoms. The molecule has 0 aliphatic heterocycles. The summed E-state index contributed by atoms with van der Waals surface area (Å²) in [6, 6.07) is 2.42. The van der Waals surface area contributed by atoms with E-state index in [2.05, 4.69) is 10.3 Å². The second kappa shape index (κ2) is 5.84. The first-order valence-corrected chi connectivity index (χ1v) is 7.36. The zero-order valence-electron chi connectivity index (χ0n) is 11.3. The van der Waals surface area contributed by atoms with E-state index in [9.17, 15) is 23.1 Å². The first-order chi connectivity index (χ1) is 9.71. The predicted octanol–water partition coefficient (Wildman–Crippen LogP) is 2.79. The van der Waals surface area contributed by atoms with Crippen LogP contribution in [-0.4, -0.2) is 33.4 Å². The van der Waals surface area contributed by atoms with Gasteiger partial charge in [-0.1, -0.05) is 0 Å². The lowest BCUT2D eigenvalue weighted by atomic mass is 10.1. The number of nitrogens with zero attached hydrogens (tertiary/aromatic N) is 1. The van der Waals surface area contributed by atoms with Crippen molar-refractivity contribution in [3.05, 3.63) is 23.9 Å². The van der Waals surface area contributed by atoms with Crippen LogP contribution in [0.1, 0.15) is 25.3 Å². The summed E-state index contributed by atoms with van der Waals surface area (Å²) in [6.45, 7) is 1.57. The van der Waals surface area contributed by atoms with Crippen molar-refractivity contribution in [2.24, 2.45) is 0 Å². The van der Waals surface area contributed by atoms with Crippen molar-refractivity contribution in [1.82, 2.24) is 10.3 Å². The molecule has 1 aliphatic rings. The summed E-state index contributed by atoms with van der Waals surface area (Å²) in [5.41, 5.74) is -1.93. The summed E-state index contributed by atoms with van der Waals surface area (Å²) in [5, 5.41) is 12.7. The van der Waals surface area contributed by atoms with E-state index in [-0.39, 0.29) is 11.8 Å². The van der Waals surface area contributed by atoms with E-state index in [1.54, 1.807) is 6.92 Å². The van der Waals surface area contributed by atoms with E-state index in [1.807, 2.05) is 0 Å². The van der Waals surface area contributed by atoms with Crippen LogP contribution in [-0.2, 0) is 11.0 Å². The van der Waals surface area contributed by atoms with Gasteiger partial charge in [-0.3, -0.25) is 10.1 Å². The van der Waals surface area contributed by atoms with Gasteiger partial charge in [0.2, 0.25) is 0 Å². The van der Waals surface area contributed by atoms with Crippen molar-refractivity contribution in [3.8, 4) is 0 Å². The molecule has 4 nitrogen and oxygen atoms in total. The summed E-state index contributed by atoms with van der Waals surface area (Å²) in [7, 11) is 0. The van der Waals surface area contributed by atoms with Crippen LogP contribution < -0.4 is 5.32 Å². The summed E-state index contributed by atoms with van der Waals surface area (Å²) in [4.78, 5) is 15.1. The number of halogens is 3. The number of rotatable bonds is 6. The highest BCUT2D eigenvalue weighted by Crippen LogP contribution is 2.31. The van der Waals surface area contributed by atoms with Gasteiger partial charge < -0.3 is 5.11 Å². The largest absolute Gasteiger partial charge is 0.480 e. The molecule has 1 atom stereocenters. The fourth-order valence-corrected chi connectivity index (χ4v) is 2.63. The molecule has 1 fully saturated rings. The number of hydrogen-bond donors (Lipinski definition) is 2. The lowest BCUT2D eigenvalue weighted by Gasteiger charge is -2.25. The van der Waals surface area contributed by atoms with Gasteiger partial charge in [-0.15, -0.1) is 11.8 Å². The lowest BCUT2D eigenvalue weighted by Crippen LogP contribution is -2.52. The van der Waals surface area contributed by atoms with Gasteiger partial charge in [-0.25, -0.2) is 4.98 Å². The van der Waals surface area contributed by atoms with Crippen LogP contribution in [0.25, 0.3) is 0 Å². The molecule has 8 heteroatoms.